The molecule has 0 spiro atoms. The van der Waals surface area contributed by atoms with E-state index in [2.05, 4.69) is 47.7 Å². The van der Waals surface area contributed by atoms with E-state index >= 15 is 0 Å². The fourth-order valence-corrected chi connectivity index (χ4v) is 2.67. The van der Waals surface area contributed by atoms with Crippen LogP contribution in [0.3, 0.4) is 0 Å². The first-order valence-corrected chi connectivity index (χ1v) is 7.72. The van der Waals surface area contributed by atoms with Crippen molar-refractivity contribution < 1.29 is 0 Å². The Morgan fingerprint density at radius 1 is 1.35 bits per heavy atom. The predicted molar refractivity (Wildman–Crippen MR) is 81.4 cm³/mol. The molecule has 0 saturated carbocycles. The van der Waals surface area contributed by atoms with Gasteiger partial charge in [0.25, 0.3) is 0 Å². The van der Waals surface area contributed by atoms with Crippen LogP contribution in [0, 0.1) is 5.92 Å². The first kappa shape index (κ1) is 14.8. The summed E-state index contributed by atoms with van der Waals surface area (Å²) in [6, 6.07) is 6.12. The van der Waals surface area contributed by atoms with Gasteiger partial charge < -0.3 is 4.90 Å². The first-order chi connectivity index (χ1) is 8.13. The summed E-state index contributed by atoms with van der Waals surface area (Å²) in [6.07, 6.45) is 1.20. The van der Waals surface area contributed by atoms with Gasteiger partial charge in [0.15, 0.2) is 0 Å². The summed E-state index contributed by atoms with van der Waals surface area (Å²) in [6.45, 7) is 8.76. The van der Waals surface area contributed by atoms with Gasteiger partial charge >= 0.3 is 0 Å². The molecular formula is C14H21BrClN. The molecule has 0 amide bonds. The minimum atomic E-state index is 0.689. The van der Waals surface area contributed by atoms with Crippen molar-refractivity contribution in [1.29, 1.82) is 0 Å². The molecule has 0 aliphatic rings. The van der Waals surface area contributed by atoms with Gasteiger partial charge in [0.05, 0.1) is 10.7 Å². The van der Waals surface area contributed by atoms with Crippen LogP contribution in [-0.4, -0.2) is 13.1 Å². The minimum absolute atomic E-state index is 0.689. The third kappa shape index (κ3) is 3.89. The van der Waals surface area contributed by atoms with Gasteiger partial charge in [-0.05, 0) is 24.5 Å². The lowest BCUT2D eigenvalue weighted by atomic mass is 10.1. The van der Waals surface area contributed by atoms with Gasteiger partial charge in [-0.15, -0.1) is 0 Å². The summed E-state index contributed by atoms with van der Waals surface area (Å²) in [5.41, 5.74) is 2.46. The summed E-state index contributed by atoms with van der Waals surface area (Å²) >= 11 is 9.88. The van der Waals surface area contributed by atoms with Crippen LogP contribution in [-0.2, 0) is 5.33 Å². The van der Waals surface area contributed by atoms with E-state index in [9.17, 15) is 0 Å². The number of hydrogen-bond donors (Lipinski definition) is 0. The summed E-state index contributed by atoms with van der Waals surface area (Å²) in [4.78, 5) is 2.38. The maximum absolute atomic E-state index is 6.35. The Morgan fingerprint density at radius 3 is 2.59 bits per heavy atom. The van der Waals surface area contributed by atoms with Crippen LogP contribution < -0.4 is 4.90 Å². The molecule has 0 aliphatic heterocycles. The van der Waals surface area contributed by atoms with Crippen LogP contribution in [0.5, 0.6) is 0 Å². The molecule has 17 heavy (non-hydrogen) atoms. The Bertz CT molecular complexity index is 354. The average Bonchev–Trinajstić information content (AvgIpc) is 2.35. The largest absolute Gasteiger partial charge is 0.370 e. The molecule has 0 bridgehead atoms. The number of anilines is 1. The summed E-state index contributed by atoms with van der Waals surface area (Å²) in [7, 11) is 0. The highest BCUT2D eigenvalue weighted by Gasteiger charge is 2.14. The monoisotopic (exact) mass is 317 g/mol. The number of halogens is 2. The van der Waals surface area contributed by atoms with E-state index in [1.54, 1.807) is 0 Å². The van der Waals surface area contributed by atoms with Crippen molar-refractivity contribution in [1.82, 2.24) is 0 Å². The van der Waals surface area contributed by atoms with Crippen molar-refractivity contribution in [2.45, 2.75) is 32.5 Å². The van der Waals surface area contributed by atoms with Gasteiger partial charge in [-0.25, -0.2) is 0 Å². The van der Waals surface area contributed by atoms with E-state index in [1.165, 1.54) is 17.7 Å². The summed E-state index contributed by atoms with van der Waals surface area (Å²) in [5, 5.41) is 1.70. The lowest BCUT2D eigenvalue weighted by molar-refractivity contribution is 0.547. The topological polar surface area (TPSA) is 3.24 Å². The zero-order valence-electron chi connectivity index (χ0n) is 10.8. The van der Waals surface area contributed by atoms with E-state index < -0.39 is 0 Å². The van der Waals surface area contributed by atoms with Crippen LogP contribution in [0.1, 0.15) is 32.8 Å². The predicted octanol–water partition coefficient (Wildman–Crippen LogP) is 5.11. The van der Waals surface area contributed by atoms with Gasteiger partial charge in [0.2, 0.25) is 0 Å². The Morgan fingerprint density at radius 2 is 2.06 bits per heavy atom. The zero-order chi connectivity index (χ0) is 12.8. The van der Waals surface area contributed by atoms with Gasteiger partial charge in [0.1, 0.15) is 0 Å². The maximum Gasteiger partial charge on any atom is 0.0642 e. The summed E-state index contributed by atoms with van der Waals surface area (Å²) < 4.78 is 0. The van der Waals surface area contributed by atoms with Crippen molar-refractivity contribution in [2.75, 3.05) is 18.0 Å². The number of benzene rings is 1. The third-order valence-corrected chi connectivity index (χ3v) is 4.05. The zero-order valence-corrected chi connectivity index (χ0v) is 13.2. The quantitative estimate of drug-likeness (QED) is 0.659. The highest BCUT2D eigenvalue weighted by atomic mass is 79.9. The molecule has 1 atom stereocenters. The van der Waals surface area contributed by atoms with E-state index in [0.717, 1.165) is 23.4 Å². The number of rotatable bonds is 6. The molecule has 1 nitrogen and oxygen atoms in total. The van der Waals surface area contributed by atoms with Crippen molar-refractivity contribution in [2.24, 2.45) is 5.92 Å². The molecule has 1 rings (SSSR count). The van der Waals surface area contributed by atoms with Crippen LogP contribution in [0.25, 0.3) is 0 Å². The molecule has 0 radical (unpaired) electrons. The first-order valence-electron chi connectivity index (χ1n) is 6.22. The second-order valence-corrected chi connectivity index (χ2v) is 5.40. The molecule has 1 aromatic carbocycles. The molecule has 96 valence electrons. The van der Waals surface area contributed by atoms with Gasteiger partial charge in [-0.3, -0.25) is 0 Å². The van der Waals surface area contributed by atoms with Crippen molar-refractivity contribution in [3.05, 3.63) is 28.8 Å². The second kappa shape index (κ2) is 7.27. The molecule has 0 N–H and O–H groups in total. The van der Waals surface area contributed by atoms with E-state index in [-0.39, 0.29) is 0 Å². The fraction of sp³-hybridized carbons (Fsp3) is 0.571. The normalized spacial score (nSPS) is 12.5. The number of hydrogen-bond acceptors (Lipinski definition) is 1. The van der Waals surface area contributed by atoms with Crippen LogP contribution in [0.4, 0.5) is 5.69 Å². The molecule has 1 unspecified atom stereocenters. The van der Waals surface area contributed by atoms with E-state index in [0.29, 0.717) is 5.92 Å². The van der Waals surface area contributed by atoms with Gasteiger partial charge in [-0.2, -0.15) is 0 Å². The molecule has 3 heteroatoms. The van der Waals surface area contributed by atoms with Crippen LogP contribution >= 0.6 is 27.5 Å². The van der Waals surface area contributed by atoms with Crippen molar-refractivity contribution >= 4 is 33.2 Å². The number of alkyl halides is 1. The average molecular weight is 319 g/mol. The lowest BCUT2D eigenvalue weighted by Gasteiger charge is -2.29. The second-order valence-electron chi connectivity index (χ2n) is 4.43. The Kier molecular flexibility index (Phi) is 6.35. The molecule has 0 heterocycles. The van der Waals surface area contributed by atoms with Gasteiger partial charge in [-0.1, -0.05) is 59.9 Å². The molecular weight excluding hydrogens is 298 g/mol. The Hall–Kier alpha value is -0.210. The summed E-state index contributed by atoms with van der Waals surface area (Å²) in [5.74, 6) is 0.689. The molecule has 0 aromatic heterocycles. The number of nitrogens with zero attached hydrogens (tertiary/aromatic N) is 1. The minimum Gasteiger partial charge on any atom is -0.370 e. The highest BCUT2D eigenvalue weighted by molar-refractivity contribution is 9.08. The fourth-order valence-electron chi connectivity index (χ4n) is 1.91. The van der Waals surface area contributed by atoms with Crippen LogP contribution in [0.15, 0.2) is 18.2 Å². The number of para-hydroxylation sites is 1. The van der Waals surface area contributed by atoms with E-state index in [4.69, 9.17) is 11.6 Å². The Balaban J connectivity index is 3.02. The maximum atomic E-state index is 6.35. The van der Waals surface area contributed by atoms with Gasteiger partial charge in [0, 0.05) is 18.4 Å². The molecule has 1 aromatic rings. The van der Waals surface area contributed by atoms with E-state index in [1.807, 2.05) is 12.1 Å². The lowest BCUT2D eigenvalue weighted by Crippen LogP contribution is -2.29. The molecule has 0 aliphatic carbocycles. The highest BCUT2D eigenvalue weighted by Crippen LogP contribution is 2.32. The SMILES string of the molecule is CCC(C)CN(CC)c1c(Cl)cccc1CBr. The third-order valence-electron chi connectivity index (χ3n) is 3.14. The standard InChI is InChI=1S/C14H21BrClN/c1-4-11(3)10-17(5-2)14-12(9-15)7-6-8-13(14)16/h6-8,11H,4-5,9-10H2,1-3H3. The molecule has 0 fully saturated rings. The van der Waals surface area contributed by atoms with Crippen molar-refractivity contribution in [3.8, 4) is 0 Å². The van der Waals surface area contributed by atoms with Crippen LogP contribution in [0.2, 0.25) is 5.02 Å². The smallest absolute Gasteiger partial charge is 0.0642 e. The Labute approximate surface area is 118 Å². The van der Waals surface area contributed by atoms with Crippen molar-refractivity contribution in [3.63, 3.8) is 0 Å². The molecule has 0 saturated heterocycles.